The van der Waals surface area contributed by atoms with Crippen molar-refractivity contribution in [3.63, 3.8) is 0 Å². The van der Waals surface area contributed by atoms with Gasteiger partial charge in [-0.2, -0.15) is 0 Å². The van der Waals surface area contributed by atoms with Crippen molar-refractivity contribution in [3.8, 4) is 17.1 Å². The normalized spacial score (nSPS) is 31.5. The first-order valence-electron chi connectivity index (χ1n) is 21.4. The maximum Gasteiger partial charge on any atom is 0.355 e. The van der Waals surface area contributed by atoms with Crippen molar-refractivity contribution in [2.75, 3.05) is 6.61 Å². The fraction of sp³-hybridized carbons (Fsp3) is 0.500. The Balaban J connectivity index is 0.780. The van der Waals surface area contributed by atoms with E-state index in [4.69, 9.17) is 23.9 Å². The van der Waals surface area contributed by atoms with E-state index in [2.05, 4.69) is 13.8 Å². The average Bonchev–Trinajstić information content (AvgIpc) is 3.76. The molecule has 6 aliphatic rings. The third kappa shape index (κ3) is 5.88. The van der Waals surface area contributed by atoms with E-state index < -0.39 is 24.1 Å². The van der Waals surface area contributed by atoms with Crippen LogP contribution < -0.4 is 10.3 Å². The predicted molar refractivity (Wildman–Crippen MR) is 216 cm³/mol. The number of carbonyl (C=O) groups excluding carboxylic acids is 4. The molecular formula is C48H50N2O9. The quantitative estimate of drug-likeness (QED) is 0.118. The molecule has 4 unspecified atom stereocenters. The number of ketones is 1. The van der Waals surface area contributed by atoms with Crippen LogP contribution in [0.3, 0.4) is 0 Å². The number of para-hydroxylation sites is 1. The van der Waals surface area contributed by atoms with Gasteiger partial charge in [0, 0.05) is 28.3 Å². The van der Waals surface area contributed by atoms with Crippen LogP contribution in [0.25, 0.3) is 22.3 Å². The molecule has 2 aliphatic heterocycles. The Morgan fingerprint density at radius 1 is 0.932 bits per heavy atom. The molecule has 11 heteroatoms. The summed E-state index contributed by atoms with van der Waals surface area (Å²) in [6.07, 6.45) is 8.84. The molecule has 4 saturated carbocycles. The molecule has 4 heterocycles. The van der Waals surface area contributed by atoms with Crippen molar-refractivity contribution >= 4 is 34.6 Å². The summed E-state index contributed by atoms with van der Waals surface area (Å²) in [5.74, 6) is 1.14. The fourth-order valence-corrected chi connectivity index (χ4v) is 12.5. The van der Waals surface area contributed by atoms with Crippen molar-refractivity contribution in [1.29, 1.82) is 0 Å². The molecule has 2 aromatic carbocycles. The van der Waals surface area contributed by atoms with Crippen LogP contribution in [0.1, 0.15) is 112 Å². The molecule has 0 N–H and O–H groups in total. The standard InChI is InChI=1S/C48H50N2O9/c1-4-48(37-23-39-42-29(21-28-7-5-6-8-38(28)49-42)24-50(39)43(53)34(37)25-57-45(48)55)59-41(52)26-56-31-12-9-27(10-13-31)44(54)58-32-17-19-46(2)30(22-32)11-14-33-35-15-16-40(51)47(35,3)20-18-36(33)46/h5-10,12-13,21,23,30,32-33,35-36H,4,11,14-20,22,24-26H2,1-3H3/t30?,32-,33?,35?,36?,46+,47+,48+/m1/s1. The van der Waals surface area contributed by atoms with E-state index in [1.165, 1.54) is 0 Å². The second-order valence-electron chi connectivity index (χ2n) is 18.4. The van der Waals surface area contributed by atoms with Crippen LogP contribution >= 0.6 is 0 Å². The number of Topliss-reactive ketones (excluding diaryl/α,β-unsaturated/α-hetero) is 1. The predicted octanol–water partition coefficient (Wildman–Crippen LogP) is 7.85. The zero-order valence-electron chi connectivity index (χ0n) is 33.9. The smallest absolute Gasteiger partial charge is 0.355 e. The van der Waals surface area contributed by atoms with Crippen molar-refractivity contribution in [1.82, 2.24) is 9.55 Å². The topological polar surface area (TPSA) is 140 Å². The first-order chi connectivity index (χ1) is 28.4. The molecule has 10 rings (SSSR count). The van der Waals surface area contributed by atoms with Gasteiger partial charge in [0.05, 0.1) is 34.6 Å². The molecule has 8 atom stereocenters. The molecule has 4 aromatic rings. The van der Waals surface area contributed by atoms with Crippen LogP contribution in [-0.4, -0.2) is 46.0 Å². The Morgan fingerprint density at radius 2 is 1.75 bits per heavy atom. The van der Waals surface area contributed by atoms with Crippen molar-refractivity contribution in [2.45, 2.75) is 110 Å². The second-order valence-corrected chi connectivity index (χ2v) is 18.4. The second kappa shape index (κ2) is 13.9. The number of esters is 3. The number of rotatable bonds is 7. The van der Waals surface area contributed by atoms with Gasteiger partial charge >= 0.3 is 17.9 Å². The molecule has 4 fully saturated rings. The van der Waals surface area contributed by atoms with E-state index in [0.29, 0.717) is 64.3 Å². The number of fused-ring (bicyclic) bond motifs is 10. The summed E-state index contributed by atoms with van der Waals surface area (Å²) in [5, 5.41) is 0.961. The van der Waals surface area contributed by atoms with Crippen molar-refractivity contribution in [2.24, 2.45) is 34.5 Å². The van der Waals surface area contributed by atoms with Gasteiger partial charge in [0.1, 0.15) is 24.2 Å². The van der Waals surface area contributed by atoms with E-state index in [-0.39, 0.29) is 47.1 Å². The van der Waals surface area contributed by atoms with Crippen LogP contribution in [0.4, 0.5) is 0 Å². The lowest BCUT2D eigenvalue weighted by atomic mass is 9.45. The monoisotopic (exact) mass is 798 g/mol. The van der Waals surface area contributed by atoms with Crippen LogP contribution in [-0.2, 0) is 47.3 Å². The van der Waals surface area contributed by atoms with Crippen molar-refractivity contribution in [3.05, 3.63) is 93.3 Å². The lowest BCUT2D eigenvalue weighted by Crippen LogP contribution is -2.54. The Bertz CT molecular complexity index is 2490. The fourth-order valence-electron chi connectivity index (χ4n) is 12.5. The third-order valence-electron chi connectivity index (χ3n) is 15.7. The van der Waals surface area contributed by atoms with Crippen LogP contribution in [0.15, 0.2) is 65.5 Å². The molecule has 0 saturated heterocycles. The van der Waals surface area contributed by atoms with Gasteiger partial charge in [-0.3, -0.25) is 9.59 Å². The summed E-state index contributed by atoms with van der Waals surface area (Å²) in [7, 11) is 0. The van der Waals surface area contributed by atoms with Gasteiger partial charge in [-0.1, -0.05) is 39.0 Å². The summed E-state index contributed by atoms with van der Waals surface area (Å²) in [4.78, 5) is 71.8. The van der Waals surface area contributed by atoms with E-state index in [9.17, 15) is 24.0 Å². The molecule has 0 spiro atoms. The lowest BCUT2D eigenvalue weighted by molar-refractivity contribution is -0.190. The van der Waals surface area contributed by atoms with E-state index in [1.807, 2.05) is 30.3 Å². The van der Waals surface area contributed by atoms with Gasteiger partial charge < -0.3 is 23.5 Å². The van der Waals surface area contributed by atoms with E-state index >= 15 is 0 Å². The van der Waals surface area contributed by atoms with Gasteiger partial charge in [-0.15, -0.1) is 0 Å². The van der Waals surface area contributed by atoms with Crippen LogP contribution in [0.2, 0.25) is 0 Å². The molecule has 4 aliphatic carbocycles. The SMILES string of the molecule is CC[C@@]1(OC(=O)COc2ccc(C(=O)O[C@@H]3CC[C@@]4(C)C(CCC5C4CC[C@]4(C)C(=O)CCC54)C3)cc2)C(=O)OCc2c1cc1n(c2=O)Cc2cc3ccccc3nc2-1. The van der Waals surface area contributed by atoms with Crippen molar-refractivity contribution < 1.29 is 38.1 Å². The molecule has 0 radical (unpaired) electrons. The summed E-state index contributed by atoms with van der Waals surface area (Å²) in [5.41, 5.74) is 1.75. The molecular weight excluding hydrogens is 749 g/mol. The highest BCUT2D eigenvalue weighted by Gasteiger charge is 2.60. The number of carbonyl (C=O) groups is 4. The third-order valence-corrected chi connectivity index (χ3v) is 15.7. The minimum Gasteiger partial charge on any atom is -0.482 e. The van der Waals surface area contributed by atoms with Crippen LogP contribution in [0.5, 0.6) is 5.75 Å². The number of hydrogen-bond donors (Lipinski definition) is 0. The molecule has 0 amide bonds. The Morgan fingerprint density at radius 3 is 2.56 bits per heavy atom. The number of nitrogens with zero attached hydrogens (tertiary/aromatic N) is 2. The molecule has 11 nitrogen and oxygen atoms in total. The lowest BCUT2D eigenvalue weighted by Gasteiger charge is -2.60. The van der Waals surface area contributed by atoms with Gasteiger partial charge in [0.2, 0.25) is 5.60 Å². The highest BCUT2D eigenvalue weighted by Crippen LogP contribution is 2.65. The first kappa shape index (κ1) is 37.9. The molecule has 306 valence electrons. The number of aromatic nitrogens is 2. The van der Waals surface area contributed by atoms with E-state index in [1.54, 1.807) is 41.8 Å². The highest BCUT2D eigenvalue weighted by atomic mass is 16.6. The molecule has 59 heavy (non-hydrogen) atoms. The Kier molecular flexibility index (Phi) is 8.92. The zero-order chi connectivity index (χ0) is 40.8. The summed E-state index contributed by atoms with van der Waals surface area (Å²) < 4.78 is 24.9. The van der Waals surface area contributed by atoms with Crippen LogP contribution in [0, 0.1) is 34.5 Å². The number of hydrogen-bond acceptors (Lipinski definition) is 10. The minimum atomic E-state index is -1.85. The van der Waals surface area contributed by atoms with Gasteiger partial charge in [0.25, 0.3) is 5.56 Å². The van der Waals surface area contributed by atoms with E-state index in [0.717, 1.165) is 74.3 Å². The zero-order valence-corrected chi connectivity index (χ0v) is 33.9. The summed E-state index contributed by atoms with van der Waals surface area (Å²) in [6.45, 7) is 5.98. The molecule has 2 aromatic heterocycles. The first-order valence-corrected chi connectivity index (χ1v) is 21.4. The highest BCUT2D eigenvalue weighted by molar-refractivity contribution is 5.90. The Labute approximate surface area is 342 Å². The number of cyclic esters (lactones) is 1. The Hall–Kier alpha value is -5.32. The largest absolute Gasteiger partial charge is 0.482 e. The maximum absolute atomic E-state index is 13.9. The average molecular weight is 799 g/mol. The van der Waals surface area contributed by atoms with Gasteiger partial charge in [-0.25, -0.2) is 19.4 Å². The molecule has 0 bridgehead atoms. The number of pyridine rings is 2. The summed E-state index contributed by atoms with van der Waals surface area (Å²) >= 11 is 0. The van der Waals surface area contributed by atoms with Gasteiger partial charge in [-0.05, 0) is 129 Å². The number of benzene rings is 2. The maximum atomic E-state index is 13.9. The minimum absolute atomic E-state index is 0.0342. The number of ether oxygens (including phenoxy) is 4. The van der Waals surface area contributed by atoms with Gasteiger partial charge in [0.15, 0.2) is 6.61 Å². The summed E-state index contributed by atoms with van der Waals surface area (Å²) in [6, 6.07) is 17.9.